The Morgan fingerprint density at radius 3 is 1.43 bits per heavy atom. The molecule has 2 atom stereocenters. The molecule has 1 saturated heterocycles. The smallest absolute Gasteiger partial charge is 0.0677 e. The van der Waals surface area contributed by atoms with Crippen LogP contribution in [0.1, 0.15) is 37.8 Å². The van der Waals surface area contributed by atoms with Gasteiger partial charge in [0.1, 0.15) is 0 Å². The maximum atomic E-state index is 3.86. The van der Waals surface area contributed by atoms with Gasteiger partial charge in [-0.25, -0.2) is 0 Å². The van der Waals surface area contributed by atoms with Crippen molar-refractivity contribution in [2.24, 2.45) is 0 Å². The molecule has 0 bridgehead atoms. The predicted octanol–water partition coefficient (Wildman–Crippen LogP) is 7.25. The van der Waals surface area contributed by atoms with Crippen LogP contribution < -0.4 is 5.32 Å². The Bertz CT molecular complexity index is 697. The minimum atomic E-state index is -0.0440. The molecule has 5 heteroatoms. The lowest BCUT2D eigenvalue weighted by molar-refractivity contribution is 0.503. The molecule has 2 unspecified atom stereocenters. The van der Waals surface area contributed by atoms with E-state index in [1.54, 1.807) is 0 Å². The van der Waals surface area contributed by atoms with E-state index in [9.17, 15) is 0 Å². The fourth-order valence-electron chi connectivity index (χ4n) is 3.76. The van der Waals surface area contributed by atoms with E-state index in [2.05, 4.69) is 119 Å². The molecule has 1 heterocycles. The average Bonchev–Trinajstić information content (AvgIpc) is 3.17. The van der Waals surface area contributed by atoms with Crippen LogP contribution in [0.2, 0.25) is 0 Å². The molecule has 0 saturated carbocycles. The van der Waals surface area contributed by atoms with E-state index in [4.69, 9.17) is 0 Å². The van der Waals surface area contributed by atoms with Gasteiger partial charge in [0.15, 0.2) is 0 Å². The number of hydrogen-bond acceptors (Lipinski definition) is 1. The molecule has 0 aromatic heterocycles. The Kier molecular flexibility index (Phi) is 5.17. The van der Waals surface area contributed by atoms with E-state index in [1.807, 2.05) is 0 Å². The monoisotopic (exact) mass is 563 g/mol. The quantitative estimate of drug-likeness (QED) is 0.387. The summed E-state index contributed by atoms with van der Waals surface area (Å²) >= 11 is 14.6. The summed E-state index contributed by atoms with van der Waals surface area (Å²) in [5, 5.41) is 3.86. The van der Waals surface area contributed by atoms with Gasteiger partial charge in [0.05, 0.1) is 11.1 Å². The van der Waals surface area contributed by atoms with Gasteiger partial charge in [0.25, 0.3) is 0 Å². The molecule has 1 aliphatic rings. The van der Waals surface area contributed by atoms with Gasteiger partial charge in [-0.1, -0.05) is 89.7 Å². The fraction of sp³-hybridized carbons (Fsp3) is 0.333. The SMILES string of the molecule is CCC1(c2ccc(Br)cc2Br)NC1(CC)c1ccc(Br)cc1Br. The Morgan fingerprint density at radius 2 is 1.13 bits per heavy atom. The molecular weight excluding hydrogens is 550 g/mol. The summed E-state index contributed by atoms with van der Waals surface area (Å²) in [6.45, 7) is 4.51. The molecule has 2 aromatic rings. The molecule has 0 spiro atoms. The summed E-state index contributed by atoms with van der Waals surface area (Å²) in [4.78, 5) is 0. The molecule has 2 aromatic carbocycles. The molecule has 1 fully saturated rings. The zero-order chi connectivity index (χ0) is 16.8. The van der Waals surface area contributed by atoms with Crippen LogP contribution >= 0.6 is 63.7 Å². The molecule has 1 N–H and O–H groups in total. The molecular formula is C18H17Br4N. The van der Waals surface area contributed by atoms with Crippen LogP contribution in [-0.2, 0) is 11.1 Å². The van der Waals surface area contributed by atoms with Crippen molar-refractivity contribution in [3.8, 4) is 0 Å². The van der Waals surface area contributed by atoms with Gasteiger partial charge in [-0.15, -0.1) is 0 Å². The topological polar surface area (TPSA) is 21.9 Å². The van der Waals surface area contributed by atoms with E-state index in [-0.39, 0.29) is 11.1 Å². The summed E-state index contributed by atoms with van der Waals surface area (Å²) in [6.07, 6.45) is 2.06. The van der Waals surface area contributed by atoms with Crippen molar-refractivity contribution in [1.82, 2.24) is 5.32 Å². The van der Waals surface area contributed by atoms with Gasteiger partial charge in [-0.05, 0) is 48.2 Å². The third kappa shape index (κ3) is 2.80. The van der Waals surface area contributed by atoms with Gasteiger partial charge in [-0.2, -0.15) is 0 Å². The van der Waals surface area contributed by atoms with Crippen molar-refractivity contribution in [2.45, 2.75) is 37.8 Å². The molecule has 0 radical (unpaired) electrons. The Labute approximate surface area is 171 Å². The average molecular weight is 567 g/mol. The van der Waals surface area contributed by atoms with Gasteiger partial charge in [0, 0.05) is 17.9 Å². The van der Waals surface area contributed by atoms with Crippen LogP contribution in [0.4, 0.5) is 0 Å². The van der Waals surface area contributed by atoms with Crippen molar-refractivity contribution in [1.29, 1.82) is 0 Å². The summed E-state index contributed by atoms with van der Waals surface area (Å²) in [5.74, 6) is 0. The zero-order valence-corrected chi connectivity index (χ0v) is 19.2. The Morgan fingerprint density at radius 1 is 0.739 bits per heavy atom. The maximum Gasteiger partial charge on any atom is 0.0677 e. The number of nitrogens with one attached hydrogen (secondary N) is 1. The Balaban J connectivity index is 2.15. The zero-order valence-electron chi connectivity index (χ0n) is 12.9. The highest BCUT2D eigenvalue weighted by molar-refractivity contribution is 9.11. The third-order valence-corrected chi connectivity index (χ3v) is 7.23. The van der Waals surface area contributed by atoms with E-state index in [0.29, 0.717) is 0 Å². The molecule has 1 nitrogen and oxygen atoms in total. The van der Waals surface area contributed by atoms with Crippen LogP contribution in [0.3, 0.4) is 0 Å². The minimum Gasteiger partial charge on any atom is -0.294 e. The van der Waals surface area contributed by atoms with E-state index in [1.165, 1.54) is 11.1 Å². The van der Waals surface area contributed by atoms with Crippen LogP contribution in [0.15, 0.2) is 54.3 Å². The second-order valence-electron chi connectivity index (χ2n) is 5.89. The Hall–Kier alpha value is 0.320. The van der Waals surface area contributed by atoms with Crippen LogP contribution in [0.5, 0.6) is 0 Å². The highest BCUT2D eigenvalue weighted by atomic mass is 79.9. The second kappa shape index (κ2) is 6.56. The number of benzene rings is 2. The standard InChI is InChI=1S/C18H17Br4N/c1-3-17(13-7-5-11(19)9-15(13)21)18(4-2,23-17)14-8-6-12(20)10-16(14)22/h5-10,23H,3-4H2,1-2H3. The van der Waals surface area contributed by atoms with Gasteiger partial charge in [0.2, 0.25) is 0 Å². The van der Waals surface area contributed by atoms with Crippen LogP contribution in [0.25, 0.3) is 0 Å². The normalized spacial score (nSPS) is 26.3. The van der Waals surface area contributed by atoms with E-state index >= 15 is 0 Å². The highest BCUT2D eigenvalue weighted by Gasteiger charge is 2.67. The highest BCUT2D eigenvalue weighted by Crippen LogP contribution is 2.61. The predicted molar refractivity (Wildman–Crippen MR) is 111 cm³/mol. The van der Waals surface area contributed by atoms with Gasteiger partial charge >= 0.3 is 0 Å². The van der Waals surface area contributed by atoms with E-state index in [0.717, 1.165) is 30.7 Å². The van der Waals surface area contributed by atoms with Gasteiger partial charge < -0.3 is 0 Å². The third-order valence-electron chi connectivity index (χ3n) is 4.94. The first kappa shape index (κ1) is 18.1. The molecule has 23 heavy (non-hydrogen) atoms. The largest absolute Gasteiger partial charge is 0.294 e. The van der Waals surface area contributed by atoms with Crippen LogP contribution in [0, 0.1) is 0 Å². The maximum absolute atomic E-state index is 3.86. The van der Waals surface area contributed by atoms with E-state index < -0.39 is 0 Å². The molecule has 0 aliphatic carbocycles. The molecule has 122 valence electrons. The minimum absolute atomic E-state index is 0.0440. The number of rotatable bonds is 4. The molecule has 3 rings (SSSR count). The van der Waals surface area contributed by atoms with Crippen molar-refractivity contribution in [3.05, 3.63) is 65.4 Å². The summed E-state index contributed by atoms with van der Waals surface area (Å²) in [6, 6.07) is 12.9. The first-order chi connectivity index (χ1) is 10.9. The molecule has 1 aliphatic heterocycles. The van der Waals surface area contributed by atoms with Gasteiger partial charge in [-0.3, -0.25) is 5.32 Å². The van der Waals surface area contributed by atoms with Crippen molar-refractivity contribution < 1.29 is 0 Å². The summed E-state index contributed by atoms with van der Waals surface area (Å²) in [7, 11) is 0. The lowest BCUT2D eigenvalue weighted by Crippen LogP contribution is -2.22. The van der Waals surface area contributed by atoms with Crippen molar-refractivity contribution in [2.75, 3.05) is 0 Å². The first-order valence-electron chi connectivity index (χ1n) is 7.60. The lowest BCUT2D eigenvalue weighted by atomic mass is 9.78. The van der Waals surface area contributed by atoms with Crippen molar-refractivity contribution in [3.63, 3.8) is 0 Å². The summed E-state index contributed by atoms with van der Waals surface area (Å²) < 4.78 is 4.47. The second-order valence-corrected chi connectivity index (χ2v) is 9.43. The fourth-order valence-corrected chi connectivity index (χ4v) is 6.53. The first-order valence-corrected chi connectivity index (χ1v) is 10.8. The summed E-state index contributed by atoms with van der Waals surface area (Å²) in [5.41, 5.74) is 2.55. The lowest BCUT2D eigenvalue weighted by Gasteiger charge is -2.24. The number of hydrogen-bond donors (Lipinski definition) is 1. The molecule has 0 amide bonds. The number of halogens is 4. The van der Waals surface area contributed by atoms with Crippen LogP contribution in [-0.4, -0.2) is 0 Å². The van der Waals surface area contributed by atoms with Crippen molar-refractivity contribution >= 4 is 63.7 Å².